The van der Waals surface area contributed by atoms with E-state index in [1.165, 1.54) is 0 Å². The Morgan fingerprint density at radius 3 is 2.56 bits per heavy atom. The van der Waals surface area contributed by atoms with Gasteiger partial charge in [0.2, 0.25) is 0 Å². The van der Waals surface area contributed by atoms with Gasteiger partial charge in [-0.05, 0) is 33.6 Å². The van der Waals surface area contributed by atoms with Gasteiger partial charge in [0.1, 0.15) is 16.8 Å². The van der Waals surface area contributed by atoms with Crippen LogP contribution in [0.25, 0.3) is 0 Å². The minimum absolute atomic E-state index is 0.393. The average Bonchev–Trinajstić information content (AvgIpc) is 2.35. The summed E-state index contributed by atoms with van der Waals surface area (Å²) in [5.74, 6) is 1.70. The maximum absolute atomic E-state index is 6.11. The monoisotopic (exact) mass is 269 g/mol. The van der Waals surface area contributed by atoms with Crippen LogP contribution in [0, 0.1) is 13.8 Å². The molecule has 0 unspecified atom stereocenters. The van der Waals surface area contributed by atoms with Gasteiger partial charge in [-0.3, -0.25) is 0 Å². The molecule has 1 aromatic heterocycles. The molecule has 18 heavy (non-hydrogen) atoms. The van der Waals surface area contributed by atoms with E-state index >= 15 is 0 Å². The normalized spacial score (nSPS) is 17.2. The highest BCUT2D eigenvalue weighted by molar-refractivity contribution is 6.30. The molecule has 5 heteroatoms. The fourth-order valence-corrected chi connectivity index (χ4v) is 2.56. The fourth-order valence-electron chi connectivity index (χ4n) is 2.36. The zero-order valence-corrected chi connectivity index (χ0v) is 12.0. The van der Waals surface area contributed by atoms with E-state index in [2.05, 4.69) is 14.9 Å². The summed E-state index contributed by atoms with van der Waals surface area (Å²) in [5.41, 5.74) is 0.970. The molecule has 0 aliphatic carbocycles. The van der Waals surface area contributed by atoms with E-state index in [1.807, 2.05) is 20.8 Å². The maximum Gasteiger partial charge on any atom is 0.137 e. The molecule has 0 aromatic carbocycles. The molecule has 1 aliphatic rings. The molecule has 1 aliphatic heterocycles. The molecule has 2 rings (SSSR count). The summed E-state index contributed by atoms with van der Waals surface area (Å²) in [7, 11) is 0. The van der Waals surface area contributed by atoms with Gasteiger partial charge in [0.05, 0.1) is 6.10 Å². The third-order valence-electron chi connectivity index (χ3n) is 3.32. The lowest BCUT2D eigenvalue weighted by atomic mass is 10.1. The zero-order valence-electron chi connectivity index (χ0n) is 11.2. The van der Waals surface area contributed by atoms with Gasteiger partial charge in [0, 0.05) is 25.3 Å². The lowest BCUT2D eigenvalue weighted by Gasteiger charge is -2.33. The van der Waals surface area contributed by atoms with Crippen LogP contribution in [-0.4, -0.2) is 35.8 Å². The summed E-state index contributed by atoms with van der Waals surface area (Å²) in [5, 5.41) is 0.560. The molecule has 0 radical (unpaired) electrons. The number of halogens is 1. The van der Waals surface area contributed by atoms with Gasteiger partial charge in [0.15, 0.2) is 0 Å². The number of ether oxygens (including phenoxy) is 1. The van der Waals surface area contributed by atoms with Crippen LogP contribution in [0.2, 0.25) is 5.15 Å². The van der Waals surface area contributed by atoms with Crippen molar-refractivity contribution in [3.63, 3.8) is 0 Å². The molecule has 0 spiro atoms. The van der Waals surface area contributed by atoms with Gasteiger partial charge < -0.3 is 9.64 Å². The predicted molar refractivity (Wildman–Crippen MR) is 73.4 cm³/mol. The summed E-state index contributed by atoms with van der Waals surface area (Å²) < 4.78 is 5.66. The highest BCUT2D eigenvalue weighted by Gasteiger charge is 2.22. The zero-order chi connectivity index (χ0) is 13.1. The highest BCUT2D eigenvalue weighted by Crippen LogP contribution is 2.26. The maximum atomic E-state index is 6.11. The molecule has 4 nitrogen and oxygen atoms in total. The quantitative estimate of drug-likeness (QED) is 0.791. The smallest absolute Gasteiger partial charge is 0.137 e. The molecule has 0 bridgehead atoms. The van der Waals surface area contributed by atoms with Gasteiger partial charge in [-0.2, -0.15) is 0 Å². The van der Waals surface area contributed by atoms with Gasteiger partial charge in [0.25, 0.3) is 0 Å². The highest BCUT2D eigenvalue weighted by atomic mass is 35.5. The van der Waals surface area contributed by atoms with Crippen molar-refractivity contribution in [2.75, 3.05) is 24.6 Å². The Morgan fingerprint density at radius 2 is 1.94 bits per heavy atom. The number of anilines is 1. The van der Waals surface area contributed by atoms with Crippen LogP contribution in [-0.2, 0) is 4.74 Å². The molecule has 0 saturated carbocycles. The van der Waals surface area contributed by atoms with Crippen molar-refractivity contribution in [2.45, 2.75) is 39.7 Å². The van der Waals surface area contributed by atoms with Crippen molar-refractivity contribution in [2.24, 2.45) is 0 Å². The lowest BCUT2D eigenvalue weighted by molar-refractivity contribution is 0.0458. The number of aromatic nitrogens is 2. The van der Waals surface area contributed by atoms with Crippen LogP contribution in [0.3, 0.4) is 0 Å². The molecule has 0 amide bonds. The van der Waals surface area contributed by atoms with Crippen molar-refractivity contribution in [1.82, 2.24) is 9.97 Å². The first-order valence-electron chi connectivity index (χ1n) is 6.49. The fraction of sp³-hybridized carbons (Fsp3) is 0.692. The minimum atomic E-state index is 0.393. The number of piperidine rings is 1. The molecular formula is C13H20ClN3O. The van der Waals surface area contributed by atoms with Crippen molar-refractivity contribution < 1.29 is 4.74 Å². The van der Waals surface area contributed by atoms with E-state index < -0.39 is 0 Å². The second kappa shape index (κ2) is 5.85. The third kappa shape index (κ3) is 2.93. The van der Waals surface area contributed by atoms with E-state index in [4.69, 9.17) is 16.3 Å². The predicted octanol–water partition coefficient (Wildman–Crippen LogP) is 2.75. The van der Waals surface area contributed by atoms with Crippen LogP contribution in [0.15, 0.2) is 0 Å². The Bertz CT molecular complexity index is 417. The summed E-state index contributed by atoms with van der Waals surface area (Å²) in [6.07, 6.45) is 2.49. The Hall–Kier alpha value is -0.870. The first-order valence-corrected chi connectivity index (χ1v) is 6.87. The van der Waals surface area contributed by atoms with Gasteiger partial charge >= 0.3 is 0 Å². The SMILES string of the molecule is CCOC1CCN(c2nc(C)nc(Cl)c2C)CC1. The van der Waals surface area contributed by atoms with Crippen LogP contribution < -0.4 is 4.90 Å². The first kappa shape index (κ1) is 13.6. The average molecular weight is 270 g/mol. The summed E-state index contributed by atoms with van der Waals surface area (Å²) >= 11 is 6.11. The lowest BCUT2D eigenvalue weighted by Crippen LogP contribution is -2.38. The molecule has 0 atom stereocenters. The third-order valence-corrected chi connectivity index (χ3v) is 3.68. The second-order valence-corrected chi connectivity index (χ2v) is 5.01. The first-order chi connectivity index (χ1) is 8.61. The minimum Gasteiger partial charge on any atom is -0.378 e. The molecule has 1 fully saturated rings. The van der Waals surface area contributed by atoms with Gasteiger partial charge in [-0.1, -0.05) is 11.6 Å². The van der Waals surface area contributed by atoms with E-state index in [0.717, 1.165) is 49.7 Å². The number of hydrogen-bond acceptors (Lipinski definition) is 4. The van der Waals surface area contributed by atoms with Crippen molar-refractivity contribution in [3.8, 4) is 0 Å². The largest absolute Gasteiger partial charge is 0.378 e. The molecule has 1 saturated heterocycles. The second-order valence-electron chi connectivity index (χ2n) is 4.65. The molecule has 1 aromatic rings. The van der Waals surface area contributed by atoms with Crippen molar-refractivity contribution in [1.29, 1.82) is 0 Å². The van der Waals surface area contributed by atoms with Crippen LogP contribution in [0.4, 0.5) is 5.82 Å². The van der Waals surface area contributed by atoms with Gasteiger partial charge in [-0.25, -0.2) is 9.97 Å². The summed E-state index contributed by atoms with van der Waals surface area (Å²) in [6.45, 7) is 8.64. The molecule has 2 heterocycles. The van der Waals surface area contributed by atoms with Crippen LogP contribution in [0.5, 0.6) is 0 Å². The van der Waals surface area contributed by atoms with E-state index in [9.17, 15) is 0 Å². The Morgan fingerprint density at radius 1 is 1.28 bits per heavy atom. The number of aryl methyl sites for hydroxylation is 1. The Labute approximate surface area is 113 Å². The number of nitrogens with zero attached hydrogens (tertiary/aromatic N) is 3. The van der Waals surface area contributed by atoms with E-state index in [-0.39, 0.29) is 0 Å². The van der Waals surface area contributed by atoms with Crippen molar-refractivity contribution in [3.05, 3.63) is 16.5 Å². The molecule has 0 N–H and O–H groups in total. The van der Waals surface area contributed by atoms with Crippen LogP contribution >= 0.6 is 11.6 Å². The summed E-state index contributed by atoms with van der Waals surface area (Å²) in [4.78, 5) is 11.0. The molecular weight excluding hydrogens is 250 g/mol. The van der Waals surface area contributed by atoms with Crippen LogP contribution in [0.1, 0.15) is 31.2 Å². The van der Waals surface area contributed by atoms with Gasteiger partial charge in [-0.15, -0.1) is 0 Å². The van der Waals surface area contributed by atoms with E-state index in [0.29, 0.717) is 11.3 Å². The molecule has 100 valence electrons. The number of rotatable bonds is 3. The Kier molecular flexibility index (Phi) is 4.40. The topological polar surface area (TPSA) is 38.2 Å². The number of hydrogen-bond donors (Lipinski definition) is 0. The van der Waals surface area contributed by atoms with E-state index in [1.54, 1.807) is 0 Å². The van der Waals surface area contributed by atoms with Crippen molar-refractivity contribution >= 4 is 17.4 Å². The Balaban J connectivity index is 2.10. The standard InChI is InChI=1S/C13H20ClN3O/c1-4-18-11-5-7-17(8-6-11)13-9(2)12(14)15-10(3)16-13/h11H,4-8H2,1-3H3. The summed E-state index contributed by atoms with van der Waals surface area (Å²) in [6, 6.07) is 0.